The first-order valence-corrected chi connectivity index (χ1v) is 7.70. The van der Waals surface area contributed by atoms with Crippen molar-refractivity contribution in [1.29, 1.82) is 0 Å². The summed E-state index contributed by atoms with van der Waals surface area (Å²) in [6.07, 6.45) is 0. The van der Waals surface area contributed by atoms with Crippen LogP contribution in [0.4, 0.5) is 10.1 Å². The SMILES string of the molecule is CN(Cc1cccc([N+](=O)[O-])c1)S(=O)(=O)c1ccc(F)cc1. The maximum Gasteiger partial charge on any atom is 0.269 e. The van der Waals surface area contributed by atoms with Crippen LogP contribution in [0.25, 0.3) is 0 Å². The van der Waals surface area contributed by atoms with Gasteiger partial charge in [-0.1, -0.05) is 12.1 Å². The third kappa shape index (κ3) is 3.46. The predicted octanol–water partition coefficient (Wildman–Crippen LogP) is 2.55. The quantitative estimate of drug-likeness (QED) is 0.625. The fraction of sp³-hybridized carbons (Fsp3) is 0.143. The predicted molar refractivity (Wildman–Crippen MR) is 78.1 cm³/mol. The number of rotatable bonds is 5. The highest BCUT2D eigenvalue weighted by Gasteiger charge is 2.21. The van der Waals surface area contributed by atoms with Gasteiger partial charge in [0.2, 0.25) is 10.0 Å². The average Bonchev–Trinajstić information content (AvgIpc) is 2.48. The summed E-state index contributed by atoms with van der Waals surface area (Å²) in [6, 6.07) is 10.2. The molecule has 0 N–H and O–H groups in total. The van der Waals surface area contributed by atoms with Gasteiger partial charge >= 0.3 is 0 Å². The standard InChI is InChI=1S/C14H13FN2O4S/c1-16(10-11-3-2-4-13(9-11)17(18)19)22(20,21)14-7-5-12(15)6-8-14/h2-9H,10H2,1H3. The smallest absolute Gasteiger partial charge is 0.258 e. The molecule has 0 aliphatic carbocycles. The van der Waals surface area contributed by atoms with Gasteiger partial charge in [0.1, 0.15) is 5.82 Å². The van der Waals surface area contributed by atoms with E-state index in [0.717, 1.165) is 16.4 Å². The second-order valence-electron chi connectivity index (χ2n) is 4.64. The van der Waals surface area contributed by atoms with Crippen molar-refractivity contribution in [2.75, 3.05) is 7.05 Å². The Morgan fingerprint density at radius 3 is 2.41 bits per heavy atom. The molecule has 8 heteroatoms. The molecule has 22 heavy (non-hydrogen) atoms. The summed E-state index contributed by atoms with van der Waals surface area (Å²) in [4.78, 5) is 10.1. The van der Waals surface area contributed by atoms with Gasteiger partial charge < -0.3 is 0 Å². The van der Waals surface area contributed by atoms with Gasteiger partial charge in [-0.15, -0.1) is 0 Å². The molecule has 6 nitrogen and oxygen atoms in total. The second-order valence-corrected chi connectivity index (χ2v) is 6.69. The van der Waals surface area contributed by atoms with Gasteiger partial charge in [-0.3, -0.25) is 10.1 Å². The van der Waals surface area contributed by atoms with E-state index < -0.39 is 20.8 Å². The molecular weight excluding hydrogens is 311 g/mol. The summed E-state index contributed by atoms with van der Waals surface area (Å²) in [7, 11) is -2.43. The van der Waals surface area contributed by atoms with Crippen molar-refractivity contribution in [2.24, 2.45) is 0 Å². The Balaban J connectivity index is 2.24. The third-order valence-corrected chi connectivity index (χ3v) is 4.87. The van der Waals surface area contributed by atoms with E-state index in [2.05, 4.69) is 0 Å². The number of nitro benzene ring substituents is 1. The highest BCUT2D eigenvalue weighted by atomic mass is 32.2. The summed E-state index contributed by atoms with van der Waals surface area (Å²) in [5, 5.41) is 10.7. The van der Waals surface area contributed by atoms with Crippen molar-refractivity contribution in [1.82, 2.24) is 4.31 Å². The number of sulfonamides is 1. The van der Waals surface area contributed by atoms with Crippen molar-refractivity contribution in [2.45, 2.75) is 11.4 Å². The number of benzene rings is 2. The van der Waals surface area contributed by atoms with Crippen molar-refractivity contribution in [3.63, 3.8) is 0 Å². The van der Waals surface area contributed by atoms with Crippen LogP contribution in [0.3, 0.4) is 0 Å². The van der Waals surface area contributed by atoms with E-state index in [9.17, 15) is 22.9 Å². The molecule has 0 atom stereocenters. The van der Waals surface area contributed by atoms with Crippen LogP contribution in [0.2, 0.25) is 0 Å². The Morgan fingerprint density at radius 1 is 1.18 bits per heavy atom. The summed E-state index contributed by atoms with van der Waals surface area (Å²) >= 11 is 0. The van der Waals surface area contributed by atoms with Crippen LogP contribution in [-0.2, 0) is 16.6 Å². The minimum Gasteiger partial charge on any atom is -0.258 e. The Bertz CT molecular complexity index is 791. The maximum absolute atomic E-state index is 12.9. The Morgan fingerprint density at radius 2 is 1.82 bits per heavy atom. The maximum atomic E-state index is 12.9. The lowest BCUT2D eigenvalue weighted by Gasteiger charge is -2.17. The lowest BCUT2D eigenvalue weighted by Crippen LogP contribution is -2.26. The molecule has 0 aliphatic heterocycles. The number of nitrogens with zero attached hydrogens (tertiary/aromatic N) is 2. The molecule has 0 aromatic heterocycles. The minimum atomic E-state index is -3.79. The second kappa shape index (κ2) is 6.20. The topological polar surface area (TPSA) is 80.5 Å². The van der Waals surface area contributed by atoms with Gasteiger partial charge in [0.05, 0.1) is 9.82 Å². The molecule has 2 aromatic carbocycles. The van der Waals surface area contributed by atoms with Crippen molar-refractivity contribution in [3.8, 4) is 0 Å². The Kier molecular flexibility index (Phi) is 4.53. The van der Waals surface area contributed by atoms with Crippen molar-refractivity contribution < 1.29 is 17.7 Å². The lowest BCUT2D eigenvalue weighted by atomic mass is 10.2. The summed E-state index contributed by atoms with van der Waals surface area (Å²) in [5.74, 6) is -0.528. The Labute approximate surface area is 127 Å². The van der Waals surface area contributed by atoms with E-state index in [1.807, 2.05) is 0 Å². The molecule has 2 rings (SSSR count). The van der Waals surface area contributed by atoms with Crippen molar-refractivity contribution >= 4 is 15.7 Å². The molecule has 0 spiro atoms. The number of halogens is 1. The number of hydrogen-bond acceptors (Lipinski definition) is 4. The first-order chi connectivity index (χ1) is 10.3. The average molecular weight is 324 g/mol. The highest BCUT2D eigenvalue weighted by Crippen LogP contribution is 2.19. The van der Waals surface area contributed by atoms with E-state index >= 15 is 0 Å². The zero-order valence-electron chi connectivity index (χ0n) is 11.6. The van der Waals surface area contributed by atoms with Crippen LogP contribution in [0.15, 0.2) is 53.4 Å². The van der Waals surface area contributed by atoms with Crippen LogP contribution < -0.4 is 0 Å². The molecule has 0 saturated carbocycles. The van der Waals surface area contributed by atoms with Crippen LogP contribution >= 0.6 is 0 Å². The monoisotopic (exact) mass is 324 g/mol. The molecule has 0 unspecified atom stereocenters. The van der Waals surface area contributed by atoms with Gasteiger partial charge in [-0.05, 0) is 29.8 Å². The van der Waals surface area contributed by atoms with E-state index in [0.29, 0.717) is 5.56 Å². The van der Waals surface area contributed by atoms with Gasteiger partial charge in [0, 0.05) is 25.7 Å². The highest BCUT2D eigenvalue weighted by molar-refractivity contribution is 7.89. The number of nitro groups is 1. The minimum absolute atomic E-state index is 0.0264. The molecule has 0 fully saturated rings. The van der Waals surface area contributed by atoms with E-state index in [1.165, 1.54) is 37.4 Å². The molecule has 0 saturated heterocycles. The molecule has 0 heterocycles. The van der Waals surface area contributed by atoms with Crippen LogP contribution in [0.1, 0.15) is 5.56 Å². The molecular formula is C14H13FN2O4S. The van der Waals surface area contributed by atoms with Gasteiger partial charge in [0.25, 0.3) is 5.69 Å². The summed E-state index contributed by atoms with van der Waals surface area (Å²) < 4.78 is 38.6. The Hall–Kier alpha value is -2.32. The van der Waals surface area contributed by atoms with Gasteiger partial charge in [-0.2, -0.15) is 4.31 Å². The molecule has 0 aliphatic rings. The van der Waals surface area contributed by atoms with Crippen LogP contribution in [0.5, 0.6) is 0 Å². The van der Waals surface area contributed by atoms with Gasteiger partial charge in [-0.25, -0.2) is 12.8 Å². The first kappa shape index (κ1) is 16.1. The zero-order valence-corrected chi connectivity index (χ0v) is 12.5. The summed E-state index contributed by atoms with van der Waals surface area (Å²) in [5.41, 5.74) is 0.382. The van der Waals surface area contributed by atoms with E-state index in [4.69, 9.17) is 0 Å². The molecule has 0 radical (unpaired) electrons. The fourth-order valence-electron chi connectivity index (χ4n) is 1.90. The molecule has 0 bridgehead atoms. The molecule has 116 valence electrons. The molecule has 2 aromatic rings. The van der Waals surface area contributed by atoms with Gasteiger partial charge in [0.15, 0.2) is 0 Å². The lowest BCUT2D eigenvalue weighted by molar-refractivity contribution is -0.384. The fourth-order valence-corrected chi connectivity index (χ4v) is 3.06. The molecule has 0 amide bonds. The van der Waals surface area contributed by atoms with Crippen LogP contribution in [-0.4, -0.2) is 24.7 Å². The largest absolute Gasteiger partial charge is 0.269 e. The normalized spacial score (nSPS) is 11.6. The van der Waals surface area contributed by atoms with Crippen LogP contribution in [0, 0.1) is 15.9 Å². The number of hydrogen-bond donors (Lipinski definition) is 0. The summed E-state index contributed by atoms with van der Waals surface area (Å²) in [6.45, 7) is -0.0264. The first-order valence-electron chi connectivity index (χ1n) is 6.26. The van der Waals surface area contributed by atoms with E-state index in [-0.39, 0.29) is 17.1 Å². The van der Waals surface area contributed by atoms with E-state index in [1.54, 1.807) is 6.07 Å². The zero-order chi connectivity index (χ0) is 16.3. The third-order valence-electron chi connectivity index (χ3n) is 3.05. The number of non-ortho nitro benzene ring substituents is 1. The van der Waals surface area contributed by atoms with Crippen molar-refractivity contribution in [3.05, 3.63) is 70.0 Å².